The van der Waals surface area contributed by atoms with Crippen molar-refractivity contribution >= 4 is 56.7 Å². The number of fused-ring (bicyclic) bond motifs is 3. The minimum Gasteiger partial charge on any atom is -0.379 e. The van der Waals surface area contributed by atoms with Gasteiger partial charge in [0.15, 0.2) is 5.78 Å². The summed E-state index contributed by atoms with van der Waals surface area (Å²) in [4.78, 5) is 48.8. The second-order valence-corrected chi connectivity index (χ2v) is 12.5. The highest BCUT2D eigenvalue weighted by Crippen LogP contribution is 2.34. The lowest BCUT2D eigenvalue weighted by Crippen LogP contribution is -2.54. The van der Waals surface area contributed by atoms with E-state index in [0.29, 0.717) is 37.3 Å². The van der Waals surface area contributed by atoms with Gasteiger partial charge in [-0.3, -0.25) is 14.5 Å². The minimum absolute atomic E-state index is 0.0112. The van der Waals surface area contributed by atoms with Crippen LogP contribution in [0.1, 0.15) is 61.3 Å². The molecule has 0 N–H and O–H groups in total. The molecule has 0 atom stereocenters. The third-order valence-corrected chi connectivity index (χ3v) is 9.25. The second kappa shape index (κ2) is 15.3. The van der Waals surface area contributed by atoms with Crippen LogP contribution in [0, 0.1) is 0 Å². The predicted octanol–water partition coefficient (Wildman–Crippen LogP) is 6.52. The van der Waals surface area contributed by atoms with Gasteiger partial charge >= 0.3 is 5.97 Å². The maximum Gasteiger partial charge on any atom is 0.336 e. The predicted molar refractivity (Wildman–Crippen MR) is 187 cm³/mol. The van der Waals surface area contributed by atoms with Crippen LogP contribution in [0.4, 0.5) is 0 Å². The van der Waals surface area contributed by atoms with Crippen LogP contribution in [-0.2, 0) is 14.4 Å². The number of para-hydroxylation sites is 1. The molecule has 0 bridgehead atoms. The van der Waals surface area contributed by atoms with Gasteiger partial charge in [0.05, 0.1) is 36.2 Å². The Morgan fingerprint density at radius 2 is 1.55 bits per heavy atom. The summed E-state index contributed by atoms with van der Waals surface area (Å²) in [5.41, 5.74) is 3.46. The van der Waals surface area contributed by atoms with Crippen molar-refractivity contribution < 1.29 is 24.0 Å². The van der Waals surface area contributed by atoms with Crippen molar-refractivity contribution in [1.82, 2.24) is 14.4 Å². The molecule has 3 aromatic carbocycles. The average Bonchev–Trinajstić information content (AvgIpc) is 3.43. The molecule has 0 unspecified atom stereocenters. The van der Waals surface area contributed by atoms with Gasteiger partial charge in [-0.1, -0.05) is 37.2 Å². The van der Waals surface area contributed by atoms with Crippen LogP contribution in [0.3, 0.4) is 0 Å². The first-order valence-electron chi connectivity index (χ1n) is 16.3. The molecule has 1 fully saturated rings. The zero-order chi connectivity index (χ0) is 33.6. The number of ketones is 2. The Kier molecular flexibility index (Phi) is 11.2. The fourth-order valence-corrected chi connectivity index (χ4v) is 6.33. The normalized spacial score (nSPS) is 14.6. The molecule has 0 aliphatic carbocycles. The Morgan fingerprint density at radius 3 is 2.23 bits per heavy atom. The van der Waals surface area contributed by atoms with Gasteiger partial charge in [-0.2, -0.15) is 0 Å². The molecule has 0 radical (unpaired) electrons. The maximum atomic E-state index is 13.8. The molecule has 5 rings (SSSR count). The van der Waals surface area contributed by atoms with E-state index in [1.807, 2.05) is 56.3 Å². The Labute approximate surface area is 281 Å². The van der Waals surface area contributed by atoms with E-state index >= 15 is 0 Å². The Balaban J connectivity index is 1.47. The number of hydrogen-bond acceptors (Lipinski definition) is 8. The third-order valence-electron chi connectivity index (χ3n) is 9.06. The van der Waals surface area contributed by atoms with Gasteiger partial charge in [0.2, 0.25) is 5.78 Å². The standard InChI is InChI=1S/C37H43ClN4O5/c1-5-40(6-2)20-18-31(39-47-34(43)17-19-38)35(44)26-11-14-28(15-12-26)42-32-10-8-7-9-29(32)30-25-27(13-16-33(30)42)36(45)37(3,4)41-21-23-46-24-22-41/h7-16,25H,5-6,17-24H2,1-4H3/b39-31+. The van der Waals surface area contributed by atoms with E-state index < -0.39 is 11.5 Å². The molecular weight excluding hydrogens is 616 g/mol. The zero-order valence-electron chi connectivity index (χ0n) is 27.6. The second-order valence-electron chi connectivity index (χ2n) is 12.2. The molecule has 4 aromatic rings. The van der Waals surface area contributed by atoms with Gasteiger partial charge in [-0.15, -0.1) is 11.6 Å². The van der Waals surface area contributed by atoms with Crippen molar-refractivity contribution in [2.45, 2.75) is 46.1 Å². The maximum absolute atomic E-state index is 13.8. The quantitative estimate of drug-likeness (QED) is 0.0501. The SMILES string of the molecule is CCN(CC)CC/C(=N\OC(=O)CCCl)C(=O)c1ccc(-n2c3ccccc3c3cc(C(=O)C(C)(C)N4CCOCC4)ccc32)cc1. The van der Waals surface area contributed by atoms with Gasteiger partial charge in [0, 0.05) is 59.5 Å². The molecule has 47 heavy (non-hydrogen) atoms. The first-order valence-corrected chi connectivity index (χ1v) is 16.8. The number of carbonyl (C=O) groups excluding carboxylic acids is 3. The van der Waals surface area contributed by atoms with Crippen molar-refractivity contribution in [3.05, 3.63) is 77.9 Å². The molecule has 10 heteroatoms. The van der Waals surface area contributed by atoms with Gasteiger partial charge < -0.3 is 19.0 Å². The van der Waals surface area contributed by atoms with E-state index in [9.17, 15) is 14.4 Å². The van der Waals surface area contributed by atoms with Gasteiger partial charge in [0.25, 0.3) is 0 Å². The average molecular weight is 659 g/mol. The summed E-state index contributed by atoms with van der Waals surface area (Å²) >= 11 is 5.66. The van der Waals surface area contributed by atoms with Crippen molar-refractivity contribution in [3.63, 3.8) is 0 Å². The molecule has 0 spiro atoms. The monoisotopic (exact) mass is 658 g/mol. The molecule has 1 aliphatic heterocycles. The Hall–Kier alpha value is -3.89. The van der Waals surface area contributed by atoms with Crippen LogP contribution >= 0.6 is 11.6 Å². The number of nitrogens with zero attached hydrogens (tertiary/aromatic N) is 4. The fraction of sp³-hybridized carbons (Fsp3) is 0.405. The molecule has 9 nitrogen and oxygen atoms in total. The van der Waals surface area contributed by atoms with Crippen LogP contribution in [0.2, 0.25) is 0 Å². The number of alkyl halides is 1. The number of carbonyl (C=O) groups is 3. The lowest BCUT2D eigenvalue weighted by molar-refractivity contribution is -0.143. The zero-order valence-corrected chi connectivity index (χ0v) is 28.4. The Bertz CT molecular complexity index is 1770. The van der Waals surface area contributed by atoms with E-state index in [4.69, 9.17) is 21.2 Å². The molecule has 1 saturated heterocycles. The summed E-state index contributed by atoms with van der Waals surface area (Å²) in [5.74, 6) is -0.682. The van der Waals surface area contributed by atoms with Crippen molar-refractivity contribution in [2.24, 2.45) is 5.16 Å². The number of oxime groups is 1. The summed E-state index contributed by atoms with van der Waals surface area (Å²) in [7, 11) is 0. The van der Waals surface area contributed by atoms with Crippen LogP contribution in [0.5, 0.6) is 0 Å². The first kappa shape index (κ1) is 34.4. The highest BCUT2D eigenvalue weighted by Gasteiger charge is 2.36. The van der Waals surface area contributed by atoms with E-state index in [0.717, 1.165) is 53.7 Å². The lowest BCUT2D eigenvalue weighted by atomic mass is 9.90. The number of halogens is 1. The Morgan fingerprint density at radius 1 is 0.894 bits per heavy atom. The number of benzene rings is 3. The number of rotatable bonds is 14. The molecule has 1 aromatic heterocycles. The molecule has 0 saturated carbocycles. The van der Waals surface area contributed by atoms with Crippen LogP contribution in [-0.4, -0.2) is 95.0 Å². The first-order chi connectivity index (χ1) is 22.7. The van der Waals surface area contributed by atoms with Gasteiger partial charge in [-0.05, 0) is 75.5 Å². The number of ether oxygens (including phenoxy) is 1. The smallest absolute Gasteiger partial charge is 0.336 e. The number of morpholine rings is 1. The van der Waals surface area contributed by atoms with Crippen molar-refractivity contribution in [2.75, 3.05) is 51.8 Å². The summed E-state index contributed by atoms with van der Waals surface area (Å²) in [6.07, 6.45) is 0.351. The van der Waals surface area contributed by atoms with Crippen LogP contribution in [0.15, 0.2) is 71.9 Å². The summed E-state index contributed by atoms with van der Waals surface area (Å²) in [5, 5.41) is 5.99. The molecule has 248 valence electrons. The van der Waals surface area contributed by atoms with E-state index in [1.165, 1.54) is 0 Å². The van der Waals surface area contributed by atoms with Crippen LogP contribution in [0.25, 0.3) is 27.5 Å². The largest absolute Gasteiger partial charge is 0.379 e. The summed E-state index contributed by atoms with van der Waals surface area (Å²) in [6.45, 7) is 13.1. The summed E-state index contributed by atoms with van der Waals surface area (Å²) < 4.78 is 7.66. The molecule has 0 amide bonds. The topological polar surface area (TPSA) is 93.4 Å². The fourth-order valence-electron chi connectivity index (χ4n) is 6.17. The number of Topliss-reactive ketones (excluding diaryl/α,β-unsaturated/α-hetero) is 2. The van der Waals surface area contributed by atoms with E-state index in [1.54, 1.807) is 12.1 Å². The van der Waals surface area contributed by atoms with Crippen molar-refractivity contribution in [1.29, 1.82) is 0 Å². The van der Waals surface area contributed by atoms with E-state index in [-0.39, 0.29) is 29.6 Å². The molecular formula is C37H43ClN4O5. The van der Waals surface area contributed by atoms with Gasteiger partial charge in [-0.25, -0.2) is 4.79 Å². The molecule has 2 heterocycles. The minimum atomic E-state index is -0.659. The van der Waals surface area contributed by atoms with Crippen molar-refractivity contribution in [3.8, 4) is 5.69 Å². The van der Waals surface area contributed by atoms with E-state index in [2.05, 4.69) is 45.5 Å². The number of hydrogen-bond donors (Lipinski definition) is 0. The highest BCUT2D eigenvalue weighted by molar-refractivity contribution is 6.46. The number of aromatic nitrogens is 1. The van der Waals surface area contributed by atoms with Crippen LogP contribution < -0.4 is 0 Å². The molecule has 1 aliphatic rings. The third kappa shape index (κ3) is 7.49. The lowest BCUT2D eigenvalue weighted by Gasteiger charge is -2.39. The summed E-state index contributed by atoms with van der Waals surface area (Å²) in [6, 6.07) is 21.4. The highest BCUT2D eigenvalue weighted by atomic mass is 35.5. The van der Waals surface area contributed by atoms with Gasteiger partial charge in [0.1, 0.15) is 5.71 Å².